The maximum atomic E-state index is 13.9. The van der Waals surface area contributed by atoms with E-state index in [1.54, 1.807) is 5.32 Å². The van der Waals surface area contributed by atoms with E-state index in [2.05, 4.69) is 0 Å². The zero-order chi connectivity index (χ0) is 20.1. The van der Waals surface area contributed by atoms with Crippen molar-refractivity contribution in [1.29, 1.82) is 0 Å². The van der Waals surface area contributed by atoms with Gasteiger partial charge in [-0.3, -0.25) is 4.79 Å². The molecule has 1 aliphatic carbocycles. The average molecular weight is 389 g/mol. The molecular weight excluding hydrogens is 373 g/mol. The van der Waals surface area contributed by atoms with Gasteiger partial charge in [0.05, 0.1) is 5.57 Å². The molecule has 0 aromatic heterocycles. The predicted octanol–water partition coefficient (Wildman–Crippen LogP) is 4.14. The van der Waals surface area contributed by atoms with Crippen molar-refractivity contribution in [1.82, 2.24) is 0 Å². The molecule has 4 nitrogen and oxygen atoms in total. The van der Waals surface area contributed by atoms with E-state index in [0.717, 1.165) is 0 Å². The van der Waals surface area contributed by atoms with Crippen LogP contribution < -0.4 is 5.32 Å². The van der Waals surface area contributed by atoms with Crippen molar-refractivity contribution in [3.63, 3.8) is 0 Å². The molecule has 27 heavy (non-hydrogen) atoms. The van der Waals surface area contributed by atoms with Gasteiger partial charge < -0.3 is 10.1 Å². The number of esters is 1. The largest absolute Gasteiger partial charge is 0.451 e. The highest BCUT2D eigenvalue weighted by molar-refractivity contribution is 6.12. The van der Waals surface area contributed by atoms with Crippen LogP contribution in [0.1, 0.15) is 39.5 Å². The van der Waals surface area contributed by atoms with E-state index in [1.165, 1.54) is 6.92 Å². The van der Waals surface area contributed by atoms with E-state index in [-0.39, 0.29) is 11.1 Å². The molecule has 0 saturated heterocycles. The fourth-order valence-corrected chi connectivity index (χ4v) is 3.60. The summed E-state index contributed by atoms with van der Waals surface area (Å²) in [6.45, 7) is 3.32. The molecule has 0 bridgehead atoms. The monoisotopic (exact) mass is 389 g/mol. The highest BCUT2D eigenvalue weighted by atomic mass is 19.2. The van der Waals surface area contributed by atoms with E-state index in [9.17, 15) is 31.5 Å². The second-order valence-corrected chi connectivity index (χ2v) is 6.97. The minimum Gasteiger partial charge on any atom is -0.451 e. The third-order valence-electron chi connectivity index (χ3n) is 5.18. The minimum atomic E-state index is -2.32. The average Bonchev–Trinajstić information content (AvgIpc) is 2.88. The van der Waals surface area contributed by atoms with Gasteiger partial charge in [0.1, 0.15) is 11.3 Å². The van der Waals surface area contributed by atoms with Crippen LogP contribution in [0.5, 0.6) is 0 Å². The number of hydrogen-bond donors (Lipinski definition) is 1. The first-order chi connectivity index (χ1) is 12.6. The fraction of sp³-hybridized carbons (Fsp3) is 0.444. The third-order valence-corrected chi connectivity index (χ3v) is 5.18. The molecule has 1 heterocycles. The molecule has 3 rings (SSSR count). The Kier molecular flexibility index (Phi) is 4.73. The molecule has 1 spiro atoms. The van der Waals surface area contributed by atoms with Gasteiger partial charge in [-0.1, -0.05) is 6.92 Å². The molecule has 1 saturated carbocycles. The number of rotatable bonds is 2. The molecule has 1 amide bonds. The van der Waals surface area contributed by atoms with Crippen LogP contribution in [0, 0.1) is 35.0 Å². The van der Waals surface area contributed by atoms with Gasteiger partial charge in [0, 0.05) is 5.57 Å². The second-order valence-electron chi connectivity index (χ2n) is 6.97. The van der Waals surface area contributed by atoms with E-state index in [4.69, 9.17) is 4.74 Å². The summed E-state index contributed by atoms with van der Waals surface area (Å²) >= 11 is 0. The van der Waals surface area contributed by atoms with Gasteiger partial charge >= 0.3 is 5.97 Å². The van der Waals surface area contributed by atoms with Gasteiger partial charge in [0.2, 0.25) is 5.82 Å². The third kappa shape index (κ3) is 2.98. The summed E-state index contributed by atoms with van der Waals surface area (Å²) in [7, 11) is 0. The van der Waals surface area contributed by atoms with Gasteiger partial charge in [-0.2, -0.15) is 0 Å². The molecule has 1 N–H and O–H groups in total. The van der Waals surface area contributed by atoms with Crippen molar-refractivity contribution in [2.45, 2.75) is 45.1 Å². The van der Waals surface area contributed by atoms with Crippen molar-refractivity contribution >= 4 is 17.6 Å². The lowest BCUT2D eigenvalue weighted by Crippen LogP contribution is -2.40. The van der Waals surface area contributed by atoms with Gasteiger partial charge in [0.25, 0.3) is 5.91 Å². The zero-order valence-electron chi connectivity index (χ0n) is 14.5. The molecule has 2 aliphatic rings. The quantitative estimate of drug-likeness (QED) is 0.358. The van der Waals surface area contributed by atoms with Gasteiger partial charge in [-0.05, 0) is 38.5 Å². The number of amides is 1. The van der Waals surface area contributed by atoms with Crippen molar-refractivity contribution in [3.05, 3.63) is 40.2 Å². The number of hydrogen-bond acceptors (Lipinski definition) is 3. The first-order valence-corrected chi connectivity index (χ1v) is 8.36. The standard InChI is InChI=1S/C18H16F5NO3/c1-7-3-5-18(6-4-7)9(8(2)17(26)27-18)16(25)24-15-13(22)11(20)10(19)12(21)14(15)23/h7H,3-6H2,1-2H3,(H,24,25). The lowest BCUT2D eigenvalue weighted by Gasteiger charge is -2.36. The molecular formula is C18H16F5NO3. The van der Waals surface area contributed by atoms with Crippen molar-refractivity contribution in [3.8, 4) is 0 Å². The summed E-state index contributed by atoms with van der Waals surface area (Å²) in [6.07, 6.45) is 1.97. The molecule has 1 aliphatic heterocycles. The van der Waals surface area contributed by atoms with Crippen LogP contribution in [0.25, 0.3) is 0 Å². The number of ether oxygens (including phenoxy) is 1. The molecule has 9 heteroatoms. The van der Waals surface area contributed by atoms with E-state index in [0.29, 0.717) is 31.6 Å². The van der Waals surface area contributed by atoms with Gasteiger partial charge in [-0.25, -0.2) is 26.7 Å². The van der Waals surface area contributed by atoms with E-state index >= 15 is 0 Å². The SMILES string of the molecule is CC1=C(C(=O)Nc2c(F)c(F)c(F)c(F)c2F)C2(CCC(C)CC2)OC1=O. The maximum Gasteiger partial charge on any atom is 0.335 e. The normalized spacial score (nSPS) is 25.1. The van der Waals surface area contributed by atoms with Crippen LogP contribution >= 0.6 is 0 Å². The predicted molar refractivity (Wildman–Crippen MR) is 84.0 cm³/mol. The molecule has 1 aromatic rings. The zero-order valence-corrected chi connectivity index (χ0v) is 14.5. The number of halogens is 5. The Morgan fingerprint density at radius 1 is 1.00 bits per heavy atom. The topological polar surface area (TPSA) is 55.4 Å². The number of nitrogens with one attached hydrogen (secondary N) is 1. The first kappa shape index (κ1) is 19.3. The van der Waals surface area contributed by atoms with Crippen molar-refractivity contribution in [2.75, 3.05) is 5.32 Å². The molecule has 1 aromatic carbocycles. The highest BCUT2D eigenvalue weighted by Gasteiger charge is 2.50. The Morgan fingerprint density at radius 3 is 2.00 bits per heavy atom. The van der Waals surface area contributed by atoms with Crippen LogP contribution in [-0.4, -0.2) is 17.5 Å². The number of carbonyl (C=O) groups excluding carboxylic acids is 2. The minimum absolute atomic E-state index is 0.0501. The molecule has 0 atom stereocenters. The summed E-state index contributed by atoms with van der Waals surface area (Å²) in [5.41, 5.74) is -2.90. The van der Waals surface area contributed by atoms with Crippen LogP contribution in [0.4, 0.5) is 27.6 Å². The number of carbonyl (C=O) groups is 2. The summed E-state index contributed by atoms with van der Waals surface area (Å²) < 4.78 is 73.0. The number of anilines is 1. The Hall–Kier alpha value is -2.45. The molecule has 1 fully saturated rings. The molecule has 0 unspecified atom stereocenters. The number of benzene rings is 1. The van der Waals surface area contributed by atoms with Crippen molar-refractivity contribution < 1.29 is 36.3 Å². The summed E-state index contributed by atoms with van der Waals surface area (Å²) in [6, 6.07) is 0. The van der Waals surface area contributed by atoms with Crippen LogP contribution in [0.2, 0.25) is 0 Å². The van der Waals surface area contributed by atoms with Gasteiger partial charge in [-0.15, -0.1) is 0 Å². The lowest BCUT2D eigenvalue weighted by molar-refractivity contribution is -0.150. The Morgan fingerprint density at radius 2 is 1.48 bits per heavy atom. The summed E-state index contributed by atoms with van der Waals surface area (Å²) in [4.78, 5) is 24.7. The lowest BCUT2D eigenvalue weighted by atomic mass is 9.75. The van der Waals surface area contributed by atoms with Crippen LogP contribution in [0.3, 0.4) is 0 Å². The summed E-state index contributed by atoms with van der Waals surface area (Å²) in [5.74, 6) is -12.5. The Labute approximate surface area is 151 Å². The van der Waals surface area contributed by atoms with Crippen LogP contribution in [0.15, 0.2) is 11.1 Å². The highest BCUT2D eigenvalue weighted by Crippen LogP contribution is 2.45. The van der Waals surface area contributed by atoms with E-state index in [1.807, 2.05) is 6.92 Å². The van der Waals surface area contributed by atoms with Crippen LogP contribution in [-0.2, 0) is 14.3 Å². The second kappa shape index (κ2) is 6.61. The summed E-state index contributed by atoms with van der Waals surface area (Å²) in [5, 5.41) is 1.74. The first-order valence-electron chi connectivity index (χ1n) is 8.36. The smallest absolute Gasteiger partial charge is 0.335 e. The Bertz CT molecular complexity index is 843. The Balaban J connectivity index is 2.00. The van der Waals surface area contributed by atoms with Crippen molar-refractivity contribution in [2.24, 2.45) is 5.92 Å². The maximum absolute atomic E-state index is 13.9. The molecule has 0 radical (unpaired) electrons. The van der Waals surface area contributed by atoms with E-state index < -0.39 is 52.3 Å². The molecule has 146 valence electrons. The fourth-order valence-electron chi connectivity index (χ4n) is 3.60. The van der Waals surface area contributed by atoms with Gasteiger partial charge in [0.15, 0.2) is 23.3 Å².